The van der Waals surface area contributed by atoms with Crippen molar-refractivity contribution in [3.8, 4) is 11.5 Å². The number of nitrogens with one attached hydrogen (secondary N) is 1. The SMILES string of the molecule is Cn1c(C(=O)c2cn(CCOc3ccccc3OCCC3CCNC3)c3ccccc23)cc2sccc21. The summed E-state index contributed by atoms with van der Waals surface area (Å²) >= 11 is 1.66. The standard InChI is InChI=1S/C30H31N3O3S/c1-32-25-12-17-37-29(25)18-26(32)30(34)23-20-33(24-7-3-2-6-22(23)24)14-16-36-28-9-5-4-8-27(28)35-15-11-21-10-13-31-19-21/h2-9,12,17-18,20-21,31H,10-11,13-16,19H2,1H3. The number of hydrogen-bond acceptors (Lipinski definition) is 5. The van der Waals surface area contributed by atoms with Gasteiger partial charge in [-0.15, -0.1) is 11.3 Å². The van der Waals surface area contributed by atoms with Gasteiger partial charge < -0.3 is 23.9 Å². The van der Waals surface area contributed by atoms with Gasteiger partial charge in [-0.2, -0.15) is 0 Å². The summed E-state index contributed by atoms with van der Waals surface area (Å²) in [6.45, 7) is 3.98. The maximum absolute atomic E-state index is 13.6. The molecule has 0 amide bonds. The molecule has 6 nitrogen and oxygen atoms in total. The Labute approximate surface area is 220 Å². The molecule has 2 aromatic carbocycles. The van der Waals surface area contributed by atoms with Gasteiger partial charge in [0.05, 0.1) is 29.1 Å². The molecule has 6 rings (SSSR count). The van der Waals surface area contributed by atoms with Crippen LogP contribution in [-0.2, 0) is 13.6 Å². The molecule has 1 unspecified atom stereocenters. The lowest BCUT2D eigenvalue weighted by Crippen LogP contribution is -2.12. The fourth-order valence-electron chi connectivity index (χ4n) is 5.26. The molecule has 1 aliphatic rings. The third-order valence-electron chi connectivity index (χ3n) is 7.31. The lowest BCUT2D eigenvalue weighted by atomic mass is 10.1. The van der Waals surface area contributed by atoms with Gasteiger partial charge in [-0.05, 0) is 67.6 Å². The van der Waals surface area contributed by atoms with Crippen LogP contribution in [0.25, 0.3) is 21.1 Å². The van der Waals surface area contributed by atoms with Gasteiger partial charge in [0.25, 0.3) is 0 Å². The van der Waals surface area contributed by atoms with Crippen LogP contribution in [-0.4, -0.2) is 41.2 Å². The summed E-state index contributed by atoms with van der Waals surface area (Å²) in [5.74, 6) is 2.27. The van der Waals surface area contributed by atoms with Crippen LogP contribution >= 0.6 is 11.3 Å². The summed E-state index contributed by atoms with van der Waals surface area (Å²) in [7, 11) is 1.96. The Morgan fingerprint density at radius 3 is 2.59 bits per heavy atom. The first-order valence-electron chi connectivity index (χ1n) is 12.9. The Hall–Kier alpha value is -3.55. The van der Waals surface area contributed by atoms with Gasteiger partial charge in [-0.3, -0.25) is 4.79 Å². The molecular formula is C30H31N3O3S. The highest BCUT2D eigenvalue weighted by molar-refractivity contribution is 7.17. The molecule has 0 aliphatic carbocycles. The number of aryl methyl sites for hydroxylation is 1. The lowest BCUT2D eigenvalue weighted by molar-refractivity contribution is 0.103. The maximum atomic E-state index is 13.6. The zero-order valence-corrected chi connectivity index (χ0v) is 21.8. The molecule has 190 valence electrons. The molecule has 4 heterocycles. The van der Waals surface area contributed by atoms with E-state index in [-0.39, 0.29) is 5.78 Å². The topological polar surface area (TPSA) is 57.4 Å². The fraction of sp³-hybridized carbons (Fsp3) is 0.300. The second-order valence-corrected chi connectivity index (χ2v) is 10.6. The molecule has 1 saturated heterocycles. The third-order valence-corrected chi connectivity index (χ3v) is 8.17. The van der Waals surface area contributed by atoms with Crippen molar-refractivity contribution in [1.29, 1.82) is 0 Å². The van der Waals surface area contributed by atoms with Crippen molar-refractivity contribution < 1.29 is 14.3 Å². The number of aromatic nitrogens is 2. The normalized spacial score (nSPS) is 15.5. The molecule has 5 aromatic rings. The predicted octanol–water partition coefficient (Wildman–Crippen LogP) is 5.88. The Morgan fingerprint density at radius 1 is 1.03 bits per heavy atom. The van der Waals surface area contributed by atoms with Crippen LogP contribution in [0.4, 0.5) is 0 Å². The van der Waals surface area contributed by atoms with E-state index in [1.54, 1.807) is 11.3 Å². The lowest BCUT2D eigenvalue weighted by Gasteiger charge is -2.14. The highest BCUT2D eigenvalue weighted by Gasteiger charge is 2.21. The Bertz CT molecular complexity index is 1540. The van der Waals surface area contributed by atoms with Crippen molar-refractivity contribution in [3.05, 3.63) is 83.5 Å². The smallest absolute Gasteiger partial charge is 0.211 e. The number of rotatable bonds is 10. The first-order chi connectivity index (χ1) is 18.2. The summed E-state index contributed by atoms with van der Waals surface area (Å²) in [6.07, 6.45) is 4.24. The van der Waals surface area contributed by atoms with E-state index >= 15 is 0 Å². The second kappa shape index (κ2) is 10.4. The number of hydrogen-bond donors (Lipinski definition) is 1. The number of para-hydroxylation sites is 3. The van der Waals surface area contributed by atoms with Crippen molar-refractivity contribution >= 4 is 38.2 Å². The molecule has 0 bridgehead atoms. The molecule has 37 heavy (non-hydrogen) atoms. The van der Waals surface area contributed by atoms with Crippen molar-refractivity contribution in [2.75, 3.05) is 26.3 Å². The van der Waals surface area contributed by atoms with Crippen LogP contribution in [0.2, 0.25) is 0 Å². The Morgan fingerprint density at radius 2 is 1.81 bits per heavy atom. The van der Waals surface area contributed by atoms with Gasteiger partial charge in [-0.1, -0.05) is 30.3 Å². The minimum atomic E-state index is 0.0398. The largest absolute Gasteiger partial charge is 0.490 e. The van der Waals surface area contributed by atoms with E-state index in [9.17, 15) is 4.79 Å². The van der Waals surface area contributed by atoms with Crippen LogP contribution in [0, 0.1) is 5.92 Å². The first-order valence-corrected chi connectivity index (χ1v) is 13.8. The minimum absolute atomic E-state index is 0.0398. The quantitative estimate of drug-likeness (QED) is 0.237. The molecule has 1 aliphatic heterocycles. The van der Waals surface area contributed by atoms with Crippen molar-refractivity contribution in [2.24, 2.45) is 13.0 Å². The molecule has 0 saturated carbocycles. The first kappa shape index (κ1) is 23.8. The van der Waals surface area contributed by atoms with E-state index in [1.807, 2.05) is 66.3 Å². The Balaban J connectivity index is 1.17. The molecule has 0 spiro atoms. The fourth-order valence-corrected chi connectivity index (χ4v) is 6.11. The van der Waals surface area contributed by atoms with Gasteiger partial charge in [0, 0.05) is 29.7 Å². The van der Waals surface area contributed by atoms with E-state index in [1.165, 1.54) is 6.42 Å². The van der Waals surface area contributed by atoms with Gasteiger partial charge in [0.15, 0.2) is 11.5 Å². The molecule has 1 N–H and O–H groups in total. The van der Waals surface area contributed by atoms with Gasteiger partial charge in [0.1, 0.15) is 6.61 Å². The molecule has 3 aromatic heterocycles. The third kappa shape index (κ3) is 4.77. The number of carbonyl (C=O) groups excluding carboxylic acids is 1. The molecule has 1 atom stereocenters. The van der Waals surface area contributed by atoms with Crippen LogP contribution < -0.4 is 14.8 Å². The summed E-state index contributed by atoms with van der Waals surface area (Å²) < 4.78 is 17.5. The number of ketones is 1. The summed E-state index contributed by atoms with van der Waals surface area (Å²) in [6, 6.07) is 20.0. The second-order valence-electron chi connectivity index (χ2n) is 9.63. The highest BCUT2D eigenvalue weighted by atomic mass is 32.1. The van der Waals surface area contributed by atoms with Gasteiger partial charge >= 0.3 is 0 Å². The van der Waals surface area contributed by atoms with Gasteiger partial charge in [0.2, 0.25) is 5.78 Å². The zero-order chi connectivity index (χ0) is 25.2. The number of fused-ring (bicyclic) bond motifs is 2. The van der Waals surface area contributed by atoms with E-state index in [0.717, 1.165) is 52.1 Å². The average Bonchev–Trinajstić information content (AvgIpc) is 3.71. The van der Waals surface area contributed by atoms with E-state index in [4.69, 9.17) is 9.47 Å². The monoisotopic (exact) mass is 513 g/mol. The van der Waals surface area contributed by atoms with Crippen molar-refractivity contribution in [3.63, 3.8) is 0 Å². The average molecular weight is 514 g/mol. The summed E-state index contributed by atoms with van der Waals surface area (Å²) in [5.41, 5.74) is 3.54. The minimum Gasteiger partial charge on any atom is -0.490 e. The molecule has 7 heteroatoms. The molecule has 1 fully saturated rings. The van der Waals surface area contributed by atoms with Gasteiger partial charge in [-0.25, -0.2) is 0 Å². The van der Waals surface area contributed by atoms with E-state index in [2.05, 4.69) is 27.4 Å². The number of benzene rings is 2. The Kier molecular flexibility index (Phi) is 6.72. The molecular weight excluding hydrogens is 482 g/mol. The predicted molar refractivity (Wildman–Crippen MR) is 149 cm³/mol. The zero-order valence-electron chi connectivity index (χ0n) is 21.0. The van der Waals surface area contributed by atoms with Crippen molar-refractivity contribution in [1.82, 2.24) is 14.5 Å². The number of nitrogens with zero attached hydrogens (tertiary/aromatic N) is 2. The van der Waals surface area contributed by atoms with E-state index in [0.29, 0.717) is 36.9 Å². The summed E-state index contributed by atoms with van der Waals surface area (Å²) in [4.78, 5) is 13.6. The number of carbonyl (C=O) groups is 1. The molecule has 0 radical (unpaired) electrons. The summed E-state index contributed by atoms with van der Waals surface area (Å²) in [5, 5.41) is 6.43. The van der Waals surface area contributed by atoms with E-state index < -0.39 is 0 Å². The van der Waals surface area contributed by atoms with Crippen LogP contribution in [0.3, 0.4) is 0 Å². The highest BCUT2D eigenvalue weighted by Crippen LogP contribution is 2.30. The number of ether oxygens (including phenoxy) is 2. The van der Waals surface area contributed by atoms with Crippen molar-refractivity contribution in [2.45, 2.75) is 19.4 Å². The van der Waals surface area contributed by atoms with Crippen LogP contribution in [0.5, 0.6) is 11.5 Å². The maximum Gasteiger partial charge on any atom is 0.211 e. The van der Waals surface area contributed by atoms with Crippen LogP contribution in [0.15, 0.2) is 72.2 Å². The van der Waals surface area contributed by atoms with Crippen LogP contribution in [0.1, 0.15) is 28.9 Å². The number of thiophene rings is 1.